The molecule has 0 spiro atoms. The molecule has 2 aromatic carbocycles. The number of amides is 2. The maximum Gasteiger partial charge on any atom is 0.255 e. The monoisotopic (exact) mass is 320 g/mol. The normalized spacial score (nSPS) is 17.5. The number of carbonyl (C=O) groups is 2. The van der Waals surface area contributed by atoms with E-state index in [9.17, 15) is 9.59 Å². The summed E-state index contributed by atoms with van der Waals surface area (Å²) in [5.74, 6) is -0.00508. The topological polar surface area (TPSA) is 40.6 Å². The fraction of sp³-hybridized carbons (Fsp3) is 0.300. The highest BCUT2D eigenvalue weighted by Crippen LogP contribution is 2.26. The van der Waals surface area contributed by atoms with E-state index in [2.05, 4.69) is 12.1 Å². The first-order valence-electron chi connectivity index (χ1n) is 8.39. The second-order valence-electron chi connectivity index (χ2n) is 6.54. The van der Waals surface area contributed by atoms with Crippen LogP contribution in [0.4, 0.5) is 0 Å². The molecule has 0 fully saturated rings. The molecule has 4 nitrogen and oxygen atoms in total. The third kappa shape index (κ3) is 2.39. The Balaban J connectivity index is 1.51. The van der Waals surface area contributed by atoms with Gasteiger partial charge in [0.15, 0.2) is 0 Å². The van der Waals surface area contributed by atoms with Crippen molar-refractivity contribution in [2.75, 3.05) is 6.54 Å². The van der Waals surface area contributed by atoms with Gasteiger partial charge in [0.2, 0.25) is 5.91 Å². The average molecular weight is 320 g/mol. The number of hydrogen-bond donors (Lipinski definition) is 0. The molecule has 0 bridgehead atoms. The molecular formula is C20H20N2O2. The molecular weight excluding hydrogens is 300 g/mol. The van der Waals surface area contributed by atoms with Crippen molar-refractivity contribution in [3.8, 4) is 0 Å². The highest BCUT2D eigenvalue weighted by molar-refractivity contribution is 6.01. The second kappa shape index (κ2) is 5.78. The van der Waals surface area contributed by atoms with Gasteiger partial charge >= 0.3 is 0 Å². The van der Waals surface area contributed by atoms with Crippen molar-refractivity contribution in [3.05, 3.63) is 70.8 Å². The minimum atomic E-state index is -0.435. The highest BCUT2D eigenvalue weighted by Gasteiger charge is 2.35. The average Bonchev–Trinajstić information content (AvgIpc) is 2.97. The zero-order valence-electron chi connectivity index (χ0n) is 13.7. The number of benzene rings is 2. The van der Waals surface area contributed by atoms with Crippen LogP contribution in [0.1, 0.15) is 34.0 Å². The van der Waals surface area contributed by atoms with Crippen molar-refractivity contribution in [1.82, 2.24) is 9.80 Å². The third-order valence-corrected chi connectivity index (χ3v) is 5.12. The zero-order valence-corrected chi connectivity index (χ0v) is 13.7. The molecule has 2 amide bonds. The lowest BCUT2D eigenvalue weighted by atomic mass is 9.99. The van der Waals surface area contributed by atoms with Crippen molar-refractivity contribution in [2.45, 2.75) is 32.5 Å². The summed E-state index contributed by atoms with van der Waals surface area (Å²) in [7, 11) is 0. The highest BCUT2D eigenvalue weighted by atomic mass is 16.2. The molecule has 2 aliphatic heterocycles. The third-order valence-electron chi connectivity index (χ3n) is 5.12. The summed E-state index contributed by atoms with van der Waals surface area (Å²) in [6.45, 7) is 3.71. The molecule has 24 heavy (non-hydrogen) atoms. The molecule has 0 radical (unpaired) electrons. The Morgan fingerprint density at radius 1 is 0.958 bits per heavy atom. The molecule has 2 aromatic rings. The van der Waals surface area contributed by atoms with E-state index in [0.29, 0.717) is 13.1 Å². The van der Waals surface area contributed by atoms with E-state index in [-0.39, 0.29) is 11.8 Å². The van der Waals surface area contributed by atoms with E-state index >= 15 is 0 Å². The standard InChI is InChI=1S/C20H20N2O2/c1-14(22-13-17-8-4-5-9-18(17)20(22)24)19(23)21-11-10-15-6-2-3-7-16(15)12-21/h2-9,14H,10-13H2,1H3. The van der Waals surface area contributed by atoms with Gasteiger partial charge in [-0.25, -0.2) is 0 Å². The first-order chi connectivity index (χ1) is 11.6. The Kier molecular flexibility index (Phi) is 3.60. The molecule has 0 N–H and O–H groups in total. The fourth-order valence-electron chi connectivity index (χ4n) is 3.67. The molecule has 0 saturated heterocycles. The van der Waals surface area contributed by atoms with Crippen LogP contribution in [0.25, 0.3) is 0 Å². The predicted molar refractivity (Wildman–Crippen MR) is 91.3 cm³/mol. The SMILES string of the molecule is CC(C(=O)N1CCc2ccccc2C1)N1Cc2ccccc2C1=O. The van der Waals surface area contributed by atoms with Crippen LogP contribution >= 0.6 is 0 Å². The van der Waals surface area contributed by atoms with Gasteiger partial charge in [0.25, 0.3) is 5.91 Å². The van der Waals surface area contributed by atoms with Gasteiger partial charge in [-0.15, -0.1) is 0 Å². The number of carbonyl (C=O) groups excluding carboxylic acids is 2. The summed E-state index contributed by atoms with van der Waals surface area (Å²) in [6, 6.07) is 15.4. The van der Waals surface area contributed by atoms with E-state index < -0.39 is 6.04 Å². The molecule has 2 heterocycles. The van der Waals surface area contributed by atoms with E-state index in [0.717, 1.165) is 24.1 Å². The summed E-state index contributed by atoms with van der Waals surface area (Å²) in [5.41, 5.74) is 4.26. The van der Waals surface area contributed by atoms with Crippen molar-refractivity contribution in [1.29, 1.82) is 0 Å². The Bertz CT molecular complexity index is 815. The van der Waals surface area contributed by atoms with Crippen LogP contribution in [0.15, 0.2) is 48.5 Å². The number of hydrogen-bond acceptors (Lipinski definition) is 2. The molecule has 0 aromatic heterocycles. The lowest BCUT2D eigenvalue weighted by Crippen LogP contribution is -2.48. The van der Waals surface area contributed by atoms with Gasteiger partial charge in [0.05, 0.1) is 0 Å². The van der Waals surface area contributed by atoms with Crippen LogP contribution in [-0.4, -0.2) is 34.2 Å². The van der Waals surface area contributed by atoms with E-state index in [4.69, 9.17) is 0 Å². The number of rotatable bonds is 2. The van der Waals surface area contributed by atoms with Gasteiger partial charge in [0, 0.05) is 25.2 Å². The smallest absolute Gasteiger partial charge is 0.255 e. The van der Waals surface area contributed by atoms with Crippen molar-refractivity contribution >= 4 is 11.8 Å². The van der Waals surface area contributed by atoms with Gasteiger partial charge in [0.1, 0.15) is 6.04 Å². The number of nitrogens with zero attached hydrogens (tertiary/aromatic N) is 2. The van der Waals surface area contributed by atoms with Crippen molar-refractivity contribution in [3.63, 3.8) is 0 Å². The molecule has 4 heteroatoms. The molecule has 4 rings (SSSR count). The lowest BCUT2D eigenvalue weighted by Gasteiger charge is -2.33. The molecule has 122 valence electrons. The van der Waals surface area contributed by atoms with Gasteiger partial charge in [-0.1, -0.05) is 42.5 Å². The first kappa shape index (κ1) is 14.9. The predicted octanol–water partition coefficient (Wildman–Crippen LogP) is 2.62. The number of fused-ring (bicyclic) bond motifs is 2. The van der Waals surface area contributed by atoms with Crippen LogP contribution < -0.4 is 0 Å². The summed E-state index contributed by atoms with van der Waals surface area (Å²) >= 11 is 0. The Morgan fingerprint density at radius 3 is 2.38 bits per heavy atom. The van der Waals surface area contributed by atoms with Crippen molar-refractivity contribution in [2.24, 2.45) is 0 Å². The summed E-state index contributed by atoms with van der Waals surface area (Å²) in [5, 5.41) is 0. The minimum Gasteiger partial charge on any atom is -0.336 e. The van der Waals surface area contributed by atoms with Crippen LogP contribution in [-0.2, 0) is 24.3 Å². The van der Waals surface area contributed by atoms with Gasteiger partial charge in [-0.2, -0.15) is 0 Å². The Hall–Kier alpha value is -2.62. The van der Waals surface area contributed by atoms with E-state index in [1.165, 1.54) is 11.1 Å². The largest absolute Gasteiger partial charge is 0.336 e. The Morgan fingerprint density at radius 2 is 1.62 bits per heavy atom. The lowest BCUT2D eigenvalue weighted by molar-refractivity contribution is -0.136. The molecule has 0 aliphatic carbocycles. The minimum absolute atomic E-state index is 0.0330. The molecule has 2 aliphatic rings. The van der Waals surface area contributed by atoms with E-state index in [1.54, 1.807) is 4.90 Å². The summed E-state index contributed by atoms with van der Waals surface area (Å²) < 4.78 is 0. The Labute approximate surface area is 141 Å². The fourth-order valence-corrected chi connectivity index (χ4v) is 3.67. The zero-order chi connectivity index (χ0) is 16.7. The van der Waals surface area contributed by atoms with Crippen molar-refractivity contribution < 1.29 is 9.59 Å². The molecule has 1 unspecified atom stereocenters. The van der Waals surface area contributed by atoms with Gasteiger partial charge in [-0.3, -0.25) is 9.59 Å². The quantitative estimate of drug-likeness (QED) is 0.853. The van der Waals surface area contributed by atoms with Crippen LogP contribution in [0.2, 0.25) is 0 Å². The second-order valence-corrected chi connectivity index (χ2v) is 6.54. The summed E-state index contributed by atoms with van der Waals surface area (Å²) in [4.78, 5) is 29.1. The van der Waals surface area contributed by atoms with Gasteiger partial charge in [-0.05, 0) is 36.1 Å². The summed E-state index contributed by atoms with van der Waals surface area (Å²) in [6.07, 6.45) is 0.878. The first-order valence-corrected chi connectivity index (χ1v) is 8.39. The maximum atomic E-state index is 12.9. The van der Waals surface area contributed by atoms with E-state index in [1.807, 2.05) is 48.2 Å². The van der Waals surface area contributed by atoms with Crippen LogP contribution in [0, 0.1) is 0 Å². The molecule has 1 atom stereocenters. The van der Waals surface area contributed by atoms with Crippen LogP contribution in [0.3, 0.4) is 0 Å². The van der Waals surface area contributed by atoms with Crippen LogP contribution in [0.5, 0.6) is 0 Å². The molecule has 0 saturated carbocycles. The maximum absolute atomic E-state index is 12.9. The van der Waals surface area contributed by atoms with Gasteiger partial charge < -0.3 is 9.80 Å².